The fourth-order valence-corrected chi connectivity index (χ4v) is 5.38. The summed E-state index contributed by atoms with van der Waals surface area (Å²) in [5.74, 6) is -0.580. The fourth-order valence-electron chi connectivity index (χ4n) is 4.79. The first-order valence-corrected chi connectivity index (χ1v) is 15.2. The van der Waals surface area contributed by atoms with Crippen LogP contribution in [0.5, 0.6) is 0 Å². The Morgan fingerprint density at radius 2 is 1.57 bits per heavy atom. The molecule has 0 radical (unpaired) electrons. The maximum absolute atomic E-state index is 12.9. The second-order valence-electron chi connectivity index (χ2n) is 9.86. The normalized spacial score (nSPS) is 19.4. The molecule has 1 aliphatic heterocycles. The zero-order chi connectivity index (χ0) is 26.0. The summed E-state index contributed by atoms with van der Waals surface area (Å²) in [7, 11) is -4.33. The van der Waals surface area contributed by atoms with Crippen LogP contribution in [0.4, 0.5) is 0 Å². The van der Waals surface area contributed by atoms with Gasteiger partial charge in [0, 0.05) is 6.42 Å². The van der Waals surface area contributed by atoms with Crippen LogP contribution in [0, 0.1) is 0 Å². The highest BCUT2D eigenvalue weighted by Crippen LogP contribution is 2.20. The van der Waals surface area contributed by atoms with Gasteiger partial charge in [0.2, 0.25) is 5.78 Å². The summed E-state index contributed by atoms with van der Waals surface area (Å²) in [4.78, 5) is 17.2. The van der Waals surface area contributed by atoms with Crippen molar-refractivity contribution in [3.63, 3.8) is 0 Å². The lowest BCUT2D eigenvalue weighted by atomic mass is 10.0. The minimum Gasteiger partial charge on any atom is -0.390 e. The topological polar surface area (TPSA) is 124 Å². The highest BCUT2D eigenvalue weighted by atomic mass is 32.2. The van der Waals surface area contributed by atoms with E-state index in [4.69, 9.17) is 4.55 Å². The third-order valence-electron chi connectivity index (χ3n) is 6.65. The number of carbonyl (C=O) groups is 1. The summed E-state index contributed by atoms with van der Waals surface area (Å²) in [6.07, 6.45) is 19.0. The van der Waals surface area contributed by atoms with Gasteiger partial charge in [0.25, 0.3) is 16.0 Å². The molecule has 2 unspecified atom stereocenters. The summed E-state index contributed by atoms with van der Waals surface area (Å²) in [5, 5.41) is 19.7. The van der Waals surface area contributed by atoms with Crippen LogP contribution in [0.2, 0.25) is 0 Å². The molecule has 1 rings (SSSR count). The SMILES string of the molecule is CCCC/C=C/CCCCCCCCCCCC(=O)C1=NCC[N+]1(CCO)CC(O)CS(=O)(=O)O. The van der Waals surface area contributed by atoms with Crippen LogP contribution in [0.3, 0.4) is 0 Å². The average molecular weight is 518 g/mol. The van der Waals surface area contributed by atoms with Crippen molar-refractivity contribution in [1.82, 2.24) is 0 Å². The van der Waals surface area contributed by atoms with Crippen LogP contribution in [0.1, 0.15) is 96.8 Å². The predicted molar refractivity (Wildman–Crippen MR) is 141 cm³/mol. The summed E-state index contributed by atoms with van der Waals surface area (Å²) in [6.45, 7) is 2.95. The number of aliphatic hydroxyl groups is 2. The second-order valence-corrected chi connectivity index (χ2v) is 11.4. The summed E-state index contributed by atoms with van der Waals surface area (Å²) < 4.78 is 31.2. The number of quaternary nitrogens is 1. The first kappa shape index (κ1) is 31.9. The summed E-state index contributed by atoms with van der Waals surface area (Å²) >= 11 is 0. The van der Waals surface area contributed by atoms with Gasteiger partial charge in [-0.05, 0) is 25.7 Å². The Morgan fingerprint density at radius 1 is 1.00 bits per heavy atom. The van der Waals surface area contributed by atoms with Gasteiger partial charge in [-0.3, -0.25) is 13.8 Å². The maximum atomic E-state index is 12.9. The molecule has 0 aromatic rings. The Morgan fingerprint density at radius 3 is 2.14 bits per heavy atom. The Kier molecular flexibility index (Phi) is 16.6. The lowest BCUT2D eigenvalue weighted by Crippen LogP contribution is -2.59. The molecule has 0 aromatic carbocycles. The molecular formula is C26H49N2O6S+. The lowest BCUT2D eigenvalue weighted by Gasteiger charge is -2.34. The zero-order valence-electron chi connectivity index (χ0n) is 21.7. The van der Waals surface area contributed by atoms with E-state index in [1.54, 1.807) is 0 Å². The Balaban J connectivity index is 2.23. The number of aliphatic hydroxyl groups excluding tert-OH is 2. The van der Waals surface area contributed by atoms with E-state index in [0.717, 1.165) is 19.3 Å². The monoisotopic (exact) mass is 517 g/mol. The molecule has 9 heteroatoms. The first-order chi connectivity index (χ1) is 16.7. The van der Waals surface area contributed by atoms with E-state index in [1.807, 2.05) is 0 Å². The lowest BCUT2D eigenvalue weighted by molar-refractivity contribution is -0.837. The van der Waals surface area contributed by atoms with Crippen LogP contribution < -0.4 is 0 Å². The van der Waals surface area contributed by atoms with Gasteiger partial charge < -0.3 is 10.2 Å². The molecule has 0 aliphatic carbocycles. The molecule has 2 atom stereocenters. The van der Waals surface area contributed by atoms with Crippen molar-refractivity contribution >= 4 is 21.7 Å². The molecule has 35 heavy (non-hydrogen) atoms. The molecule has 0 saturated heterocycles. The maximum Gasteiger partial charge on any atom is 0.267 e. The molecular weight excluding hydrogens is 468 g/mol. The van der Waals surface area contributed by atoms with Crippen LogP contribution in [0.15, 0.2) is 17.1 Å². The van der Waals surface area contributed by atoms with Crippen molar-refractivity contribution in [1.29, 1.82) is 0 Å². The molecule has 0 bridgehead atoms. The molecule has 0 saturated carbocycles. The van der Waals surface area contributed by atoms with E-state index in [9.17, 15) is 23.4 Å². The number of hydrogen-bond acceptors (Lipinski definition) is 6. The van der Waals surface area contributed by atoms with Crippen molar-refractivity contribution < 1.29 is 32.5 Å². The number of carbonyl (C=O) groups excluding carboxylic acids is 1. The third kappa shape index (κ3) is 14.3. The van der Waals surface area contributed by atoms with Crippen molar-refractivity contribution in [2.24, 2.45) is 4.99 Å². The van der Waals surface area contributed by atoms with Gasteiger partial charge in [-0.1, -0.05) is 76.9 Å². The number of rotatable bonds is 22. The van der Waals surface area contributed by atoms with Crippen molar-refractivity contribution in [2.75, 3.05) is 38.5 Å². The molecule has 0 aromatic heterocycles. The highest BCUT2D eigenvalue weighted by molar-refractivity contribution is 7.85. The molecule has 8 nitrogen and oxygen atoms in total. The minimum absolute atomic E-state index is 0.0272. The number of hydrogen-bond donors (Lipinski definition) is 3. The smallest absolute Gasteiger partial charge is 0.267 e. The molecule has 1 heterocycles. The van der Waals surface area contributed by atoms with Gasteiger partial charge in [-0.25, -0.2) is 4.99 Å². The second kappa shape index (κ2) is 18.2. The minimum atomic E-state index is -4.33. The Hall–Kier alpha value is -1.13. The number of unbranched alkanes of at least 4 members (excludes halogenated alkanes) is 11. The van der Waals surface area contributed by atoms with Gasteiger partial charge in [0.15, 0.2) is 0 Å². The molecule has 204 valence electrons. The van der Waals surface area contributed by atoms with E-state index in [0.29, 0.717) is 25.3 Å². The Labute approximate surface area is 212 Å². The van der Waals surface area contributed by atoms with E-state index in [2.05, 4.69) is 24.1 Å². The zero-order valence-corrected chi connectivity index (χ0v) is 22.6. The molecule has 0 amide bonds. The van der Waals surface area contributed by atoms with Crippen molar-refractivity contribution in [3.8, 4) is 0 Å². The molecule has 3 N–H and O–H groups in total. The van der Waals surface area contributed by atoms with E-state index < -0.39 is 22.0 Å². The van der Waals surface area contributed by atoms with Gasteiger partial charge in [0.05, 0.1) is 13.2 Å². The predicted octanol–water partition coefficient (Wildman–Crippen LogP) is 4.06. The third-order valence-corrected chi connectivity index (χ3v) is 7.45. The molecule has 0 spiro atoms. The van der Waals surface area contributed by atoms with E-state index in [-0.39, 0.29) is 30.0 Å². The average Bonchev–Trinajstić information content (AvgIpc) is 3.18. The Bertz CT molecular complexity index is 753. The van der Waals surface area contributed by atoms with Crippen LogP contribution in [-0.4, -0.2) is 83.9 Å². The number of allylic oxidation sites excluding steroid dienone is 2. The number of aliphatic imine (C=N–C) groups is 1. The van der Waals surface area contributed by atoms with Crippen LogP contribution in [0.25, 0.3) is 0 Å². The highest BCUT2D eigenvalue weighted by Gasteiger charge is 2.43. The van der Waals surface area contributed by atoms with Crippen LogP contribution in [-0.2, 0) is 14.9 Å². The van der Waals surface area contributed by atoms with Gasteiger partial charge in [-0.15, -0.1) is 0 Å². The van der Waals surface area contributed by atoms with Gasteiger partial charge >= 0.3 is 0 Å². The van der Waals surface area contributed by atoms with Crippen molar-refractivity contribution in [3.05, 3.63) is 12.2 Å². The largest absolute Gasteiger partial charge is 0.390 e. The molecule has 0 fully saturated rings. The number of Topliss-reactive ketones (excluding diaryl/α,β-unsaturated/α-hetero) is 1. The number of ketones is 1. The van der Waals surface area contributed by atoms with Crippen molar-refractivity contribution in [2.45, 2.75) is 103 Å². The van der Waals surface area contributed by atoms with Crippen LogP contribution >= 0.6 is 0 Å². The van der Waals surface area contributed by atoms with Gasteiger partial charge in [0.1, 0.15) is 31.5 Å². The van der Waals surface area contributed by atoms with E-state index in [1.165, 1.54) is 64.2 Å². The van der Waals surface area contributed by atoms with Gasteiger partial charge in [-0.2, -0.15) is 8.42 Å². The van der Waals surface area contributed by atoms with E-state index >= 15 is 0 Å². The summed E-state index contributed by atoms with van der Waals surface area (Å²) in [6, 6.07) is 0. The number of amidine groups is 1. The quantitative estimate of drug-likeness (QED) is 0.0861. The standard InChI is InChI=1S/C26H48N2O6S/c1-2-3-4-5-6-7-8-9-10-11-12-13-14-15-16-17-25(31)26-27-18-19-28(26,20-21-29)22-24(30)23-35(32,33)34/h5-6,24,29-30H,2-4,7-23H2,1H3/p+1/b6-5+. The summed E-state index contributed by atoms with van der Waals surface area (Å²) in [5.41, 5.74) is 0. The number of nitrogens with zero attached hydrogens (tertiary/aromatic N) is 2. The first-order valence-electron chi connectivity index (χ1n) is 13.6. The molecule has 1 aliphatic rings. The fraction of sp³-hybridized carbons (Fsp3) is 0.846.